The lowest BCUT2D eigenvalue weighted by Gasteiger charge is -2.36. The van der Waals surface area contributed by atoms with Crippen LogP contribution >= 0.6 is 0 Å². The van der Waals surface area contributed by atoms with Crippen molar-refractivity contribution < 1.29 is 33.3 Å². The molecule has 0 bridgehead atoms. The summed E-state index contributed by atoms with van der Waals surface area (Å²) < 4.78 is 27.4. The number of hydrogen-bond donors (Lipinski definition) is 2. The molecule has 13 nitrogen and oxygen atoms in total. The molecule has 0 aromatic carbocycles. The summed E-state index contributed by atoms with van der Waals surface area (Å²) in [5, 5.41) is 3.34. The summed E-state index contributed by atoms with van der Waals surface area (Å²) in [5.41, 5.74) is 4.60. The van der Waals surface area contributed by atoms with Gasteiger partial charge in [0.2, 0.25) is 0 Å². The molecule has 0 radical (unpaired) electrons. The van der Waals surface area contributed by atoms with E-state index in [4.69, 9.17) is 29.4 Å². The monoisotopic (exact) mass is 859 g/mol. The van der Waals surface area contributed by atoms with Gasteiger partial charge in [0.25, 0.3) is 0 Å². The zero-order valence-electron chi connectivity index (χ0n) is 39.8. The number of ether oxygens (including phenoxy) is 5. The van der Waals surface area contributed by atoms with E-state index >= 15 is 0 Å². The van der Waals surface area contributed by atoms with E-state index < -0.39 is 11.2 Å². The van der Waals surface area contributed by atoms with Crippen LogP contribution in [0.3, 0.4) is 0 Å². The molecule has 3 rings (SSSR count). The number of nitrogens with one attached hydrogen (secondary N) is 1. The largest absolute Gasteiger partial charge is 0.444 e. The van der Waals surface area contributed by atoms with Crippen molar-refractivity contribution in [1.29, 1.82) is 0 Å². The SMILES string of the molecule is CC#CC#CC#CC#CC#CC#CC#CC.CC(C)(C)OC(=O)N1CCOC(CN)C1.CCN(CC)CC1CN(C(=O)OC(C)(C)C)CCO1.CCN(CC)CC1CNCCO1. The molecule has 0 spiro atoms. The Morgan fingerprint density at radius 3 is 1.29 bits per heavy atom. The smallest absolute Gasteiger partial charge is 0.410 e. The lowest BCUT2D eigenvalue weighted by molar-refractivity contribution is -0.0515. The average Bonchev–Trinajstić information content (AvgIpc) is 3.25. The zero-order chi connectivity index (χ0) is 46.7. The molecule has 3 unspecified atom stereocenters. The summed E-state index contributed by atoms with van der Waals surface area (Å²) >= 11 is 0. The minimum Gasteiger partial charge on any atom is -0.444 e. The van der Waals surface area contributed by atoms with E-state index in [2.05, 4.69) is 126 Å². The fourth-order valence-corrected chi connectivity index (χ4v) is 5.39. The van der Waals surface area contributed by atoms with Crippen LogP contribution < -0.4 is 11.1 Å². The van der Waals surface area contributed by atoms with Crippen LogP contribution in [0.1, 0.15) is 83.1 Å². The molecule has 13 heteroatoms. The Kier molecular flexibility index (Phi) is 32.0. The molecule has 0 aromatic rings. The van der Waals surface area contributed by atoms with Gasteiger partial charge in [-0.2, -0.15) is 0 Å². The summed E-state index contributed by atoms with van der Waals surface area (Å²) in [7, 11) is 0. The molecular weight excluding hydrogens is 785 g/mol. The highest BCUT2D eigenvalue weighted by Gasteiger charge is 2.29. The average molecular weight is 859 g/mol. The van der Waals surface area contributed by atoms with Crippen LogP contribution in [0.5, 0.6) is 0 Å². The Morgan fingerprint density at radius 1 is 0.597 bits per heavy atom. The Bertz CT molecular complexity index is 1680. The molecule has 3 aliphatic rings. The standard InChI is InChI=1S/C16H6.C14H28N2O3.C10H20N2O3.C9H20N2O/c1-3-5-7-9-11-13-15-16-14-12-10-8-6-4-2;1-6-15(7-2)10-12-11-16(8-9-18-12)13(17)19-14(3,4)5;1-10(2,3)15-9(13)12-4-5-14-8(6-11)7-12;1-3-11(4-2)8-9-7-10-5-6-12-9/h1-2H3;12H,6-11H2,1-5H3;8H,4-7,11H2,1-3H3;9-10H,3-8H2,1-2H3. The van der Waals surface area contributed by atoms with E-state index in [0.717, 1.165) is 59.0 Å². The second kappa shape index (κ2) is 34.7. The minimum absolute atomic E-state index is 0.0636. The molecule has 2 amide bonds. The lowest BCUT2D eigenvalue weighted by atomic mass is 10.2. The van der Waals surface area contributed by atoms with Crippen molar-refractivity contribution >= 4 is 12.2 Å². The van der Waals surface area contributed by atoms with E-state index in [1.165, 1.54) is 0 Å². The fraction of sp³-hybridized carbons (Fsp3) is 0.673. The van der Waals surface area contributed by atoms with Crippen molar-refractivity contribution in [3.63, 3.8) is 0 Å². The minimum atomic E-state index is -0.451. The second-order valence-corrected chi connectivity index (χ2v) is 15.7. The van der Waals surface area contributed by atoms with E-state index in [9.17, 15) is 9.59 Å². The van der Waals surface area contributed by atoms with Crippen LogP contribution in [0.2, 0.25) is 0 Å². The molecule has 62 heavy (non-hydrogen) atoms. The number of nitrogens with two attached hydrogens (primary N) is 1. The number of nitrogens with zero attached hydrogens (tertiary/aromatic N) is 4. The maximum absolute atomic E-state index is 12.0. The van der Waals surface area contributed by atoms with Gasteiger partial charge in [0, 0.05) is 45.8 Å². The second-order valence-electron chi connectivity index (χ2n) is 15.7. The lowest BCUT2D eigenvalue weighted by Crippen LogP contribution is -2.50. The summed E-state index contributed by atoms with van der Waals surface area (Å²) in [5.74, 6) is 35.6. The molecule has 3 aliphatic heterocycles. The van der Waals surface area contributed by atoms with Crippen LogP contribution in [0.4, 0.5) is 9.59 Å². The predicted octanol–water partition coefficient (Wildman–Crippen LogP) is 3.91. The number of morpholine rings is 3. The van der Waals surface area contributed by atoms with Crippen LogP contribution in [0.25, 0.3) is 0 Å². The predicted molar refractivity (Wildman–Crippen MR) is 248 cm³/mol. The molecule has 0 saturated carbocycles. The van der Waals surface area contributed by atoms with E-state index in [1.54, 1.807) is 23.6 Å². The maximum Gasteiger partial charge on any atom is 0.410 e. The van der Waals surface area contributed by atoms with Gasteiger partial charge in [0.05, 0.1) is 51.2 Å². The molecular formula is C49H74N6O7. The Hall–Kier alpha value is -4.82. The van der Waals surface area contributed by atoms with Crippen molar-refractivity contribution in [2.75, 3.05) is 105 Å². The Labute approximate surface area is 375 Å². The van der Waals surface area contributed by atoms with Crippen molar-refractivity contribution in [1.82, 2.24) is 24.9 Å². The third-order valence-corrected chi connectivity index (χ3v) is 8.50. The third kappa shape index (κ3) is 31.1. The zero-order valence-corrected chi connectivity index (χ0v) is 39.8. The first-order valence-electron chi connectivity index (χ1n) is 21.6. The Morgan fingerprint density at radius 2 is 0.952 bits per heavy atom. The summed E-state index contributed by atoms with van der Waals surface area (Å²) in [6, 6.07) is 0. The molecule has 3 fully saturated rings. The third-order valence-electron chi connectivity index (χ3n) is 8.50. The highest BCUT2D eigenvalue weighted by molar-refractivity contribution is 5.68. The van der Waals surface area contributed by atoms with E-state index in [1.807, 2.05) is 41.5 Å². The van der Waals surface area contributed by atoms with Gasteiger partial charge < -0.3 is 54.3 Å². The first-order valence-corrected chi connectivity index (χ1v) is 21.6. The van der Waals surface area contributed by atoms with Gasteiger partial charge in [-0.3, -0.25) is 0 Å². The van der Waals surface area contributed by atoms with Crippen LogP contribution in [-0.2, 0) is 23.7 Å². The number of hydrogen-bond acceptors (Lipinski definition) is 11. The van der Waals surface area contributed by atoms with Crippen LogP contribution in [0.15, 0.2) is 0 Å². The molecule has 3 heterocycles. The first kappa shape index (κ1) is 57.2. The highest BCUT2D eigenvalue weighted by Crippen LogP contribution is 2.14. The summed E-state index contributed by atoms with van der Waals surface area (Å²) in [6.07, 6.45) is -0.101. The van der Waals surface area contributed by atoms with Gasteiger partial charge >= 0.3 is 12.2 Å². The number of rotatable bonds is 9. The molecule has 3 saturated heterocycles. The van der Waals surface area contributed by atoms with Gasteiger partial charge in [-0.15, -0.1) is 0 Å². The summed E-state index contributed by atoms with van der Waals surface area (Å²) in [4.78, 5) is 31.8. The first-order chi connectivity index (χ1) is 29.6. The molecule has 3 atom stereocenters. The van der Waals surface area contributed by atoms with Crippen molar-refractivity contribution in [3.8, 4) is 82.9 Å². The molecule has 3 N–H and O–H groups in total. The van der Waals surface area contributed by atoms with Gasteiger partial charge in [0.15, 0.2) is 0 Å². The van der Waals surface area contributed by atoms with Gasteiger partial charge in [-0.1, -0.05) is 39.5 Å². The van der Waals surface area contributed by atoms with Crippen molar-refractivity contribution in [2.24, 2.45) is 5.73 Å². The Balaban J connectivity index is 0.000000810. The highest BCUT2D eigenvalue weighted by atomic mass is 16.6. The number of amides is 2. The van der Waals surface area contributed by atoms with Gasteiger partial charge in [-0.25, -0.2) is 9.59 Å². The summed E-state index contributed by atoms with van der Waals surface area (Å²) in [6.45, 7) is 36.2. The maximum atomic E-state index is 12.0. The number of carbonyl (C=O) groups is 2. The van der Waals surface area contributed by atoms with E-state index in [-0.39, 0.29) is 24.4 Å². The quantitative estimate of drug-likeness (QED) is 0.328. The van der Waals surface area contributed by atoms with Gasteiger partial charge in [0.1, 0.15) is 11.2 Å². The van der Waals surface area contributed by atoms with Crippen molar-refractivity contribution in [3.05, 3.63) is 0 Å². The molecule has 342 valence electrons. The van der Waals surface area contributed by atoms with Crippen LogP contribution in [-0.4, -0.2) is 166 Å². The number of likely N-dealkylation sites (N-methyl/N-ethyl adjacent to an activating group) is 2. The van der Waals surface area contributed by atoms with Gasteiger partial charge in [-0.05, 0) is 153 Å². The van der Waals surface area contributed by atoms with Crippen LogP contribution in [0, 0.1) is 82.9 Å². The number of carbonyl (C=O) groups excluding carboxylic acids is 2. The normalized spacial score (nSPS) is 17.6. The fourth-order valence-electron chi connectivity index (χ4n) is 5.39. The van der Waals surface area contributed by atoms with Crippen molar-refractivity contribution in [2.45, 2.75) is 113 Å². The van der Waals surface area contributed by atoms with E-state index in [0.29, 0.717) is 52.0 Å². The molecule has 0 aromatic heterocycles. The topological polar surface area (TPSA) is 131 Å². The molecule has 0 aliphatic carbocycles.